The maximum Gasteiger partial charge on any atom is 0.273 e. The van der Waals surface area contributed by atoms with Crippen LogP contribution in [0.1, 0.15) is 40.6 Å². The zero-order valence-electron chi connectivity index (χ0n) is 12.2. The number of carbonyl (C=O) groups excluding carboxylic acids is 1. The number of amides is 1. The molecule has 1 amide bonds. The first-order chi connectivity index (χ1) is 11.3. The monoisotopic (exact) mass is 310 g/mol. The van der Waals surface area contributed by atoms with Gasteiger partial charge < -0.3 is 14.3 Å². The fourth-order valence-electron chi connectivity index (χ4n) is 2.29. The largest absolute Gasteiger partial charge is 0.461 e. The van der Waals surface area contributed by atoms with Crippen LogP contribution in [0.15, 0.2) is 45.8 Å². The average Bonchev–Trinajstić information content (AvgIpc) is 3.08. The molecule has 1 aliphatic carbocycles. The molecule has 116 valence electrons. The highest BCUT2D eigenvalue weighted by molar-refractivity contribution is 5.92. The zero-order valence-corrected chi connectivity index (χ0v) is 12.2. The standard InChI is InChI=1S/C16H14N4O3/c21-16(13-7-15(23-20-13)14-2-1-5-22-14)17-8-11-6-12(10-3-4-10)19-9-18-11/h1-2,5-7,9-10H,3-4,8H2,(H,17,21). The minimum atomic E-state index is -0.321. The summed E-state index contributed by atoms with van der Waals surface area (Å²) in [6.07, 6.45) is 5.43. The van der Waals surface area contributed by atoms with Gasteiger partial charge in [0.05, 0.1) is 18.5 Å². The Labute approximate surface area is 131 Å². The highest BCUT2D eigenvalue weighted by atomic mass is 16.5. The van der Waals surface area contributed by atoms with Crippen LogP contribution in [0.25, 0.3) is 11.5 Å². The van der Waals surface area contributed by atoms with E-state index in [1.807, 2.05) is 6.07 Å². The number of carbonyl (C=O) groups is 1. The molecule has 3 aromatic rings. The zero-order chi connectivity index (χ0) is 15.6. The molecule has 7 nitrogen and oxygen atoms in total. The number of furan rings is 1. The number of hydrogen-bond acceptors (Lipinski definition) is 6. The minimum absolute atomic E-state index is 0.202. The van der Waals surface area contributed by atoms with Gasteiger partial charge in [-0.2, -0.15) is 0 Å². The molecule has 3 aromatic heterocycles. The Morgan fingerprint density at radius 2 is 2.17 bits per heavy atom. The van der Waals surface area contributed by atoms with Crippen molar-refractivity contribution in [2.24, 2.45) is 0 Å². The topological polar surface area (TPSA) is 94.1 Å². The van der Waals surface area contributed by atoms with Gasteiger partial charge in [0, 0.05) is 17.7 Å². The van der Waals surface area contributed by atoms with E-state index in [4.69, 9.17) is 8.94 Å². The fourth-order valence-corrected chi connectivity index (χ4v) is 2.29. The maximum absolute atomic E-state index is 12.1. The normalized spacial score (nSPS) is 13.9. The smallest absolute Gasteiger partial charge is 0.273 e. The Kier molecular flexibility index (Phi) is 3.38. The summed E-state index contributed by atoms with van der Waals surface area (Å²) in [5.41, 5.74) is 2.03. The van der Waals surface area contributed by atoms with Crippen LogP contribution >= 0.6 is 0 Å². The summed E-state index contributed by atoms with van der Waals surface area (Å²) >= 11 is 0. The van der Waals surface area contributed by atoms with Crippen molar-refractivity contribution >= 4 is 5.91 Å². The van der Waals surface area contributed by atoms with Crippen molar-refractivity contribution in [1.82, 2.24) is 20.4 Å². The van der Waals surface area contributed by atoms with Crippen molar-refractivity contribution in [2.75, 3.05) is 0 Å². The predicted molar refractivity (Wildman–Crippen MR) is 79.4 cm³/mol. The lowest BCUT2D eigenvalue weighted by Crippen LogP contribution is -2.23. The van der Waals surface area contributed by atoms with Crippen molar-refractivity contribution in [2.45, 2.75) is 25.3 Å². The summed E-state index contributed by atoms with van der Waals surface area (Å²) in [7, 11) is 0. The quantitative estimate of drug-likeness (QED) is 0.778. The van der Waals surface area contributed by atoms with Crippen molar-refractivity contribution in [3.63, 3.8) is 0 Å². The van der Waals surface area contributed by atoms with Crippen LogP contribution in [0, 0.1) is 0 Å². The predicted octanol–water partition coefficient (Wildman–Crippen LogP) is 2.53. The van der Waals surface area contributed by atoms with Crippen LogP contribution in [0.5, 0.6) is 0 Å². The van der Waals surface area contributed by atoms with Crippen LogP contribution in [0.3, 0.4) is 0 Å². The second-order valence-corrected chi connectivity index (χ2v) is 5.44. The fraction of sp³-hybridized carbons (Fsp3) is 0.250. The molecule has 1 fully saturated rings. The van der Waals surface area contributed by atoms with Gasteiger partial charge in [-0.3, -0.25) is 4.79 Å². The van der Waals surface area contributed by atoms with Crippen LogP contribution in [-0.4, -0.2) is 21.0 Å². The maximum atomic E-state index is 12.1. The van der Waals surface area contributed by atoms with E-state index >= 15 is 0 Å². The third-order valence-electron chi connectivity index (χ3n) is 3.68. The average molecular weight is 310 g/mol. The second kappa shape index (κ2) is 5.68. The van der Waals surface area contributed by atoms with Crippen LogP contribution in [0.2, 0.25) is 0 Å². The van der Waals surface area contributed by atoms with Gasteiger partial charge in [-0.1, -0.05) is 5.16 Å². The number of aromatic nitrogens is 3. The Morgan fingerprint density at radius 3 is 2.96 bits per heavy atom. The van der Waals surface area contributed by atoms with Gasteiger partial charge in [-0.15, -0.1) is 0 Å². The first-order valence-electron chi connectivity index (χ1n) is 7.39. The molecule has 0 bridgehead atoms. The molecule has 0 atom stereocenters. The Bertz CT molecular complexity index is 821. The summed E-state index contributed by atoms with van der Waals surface area (Å²) in [6.45, 7) is 0.323. The summed E-state index contributed by atoms with van der Waals surface area (Å²) in [5.74, 6) is 1.18. The lowest BCUT2D eigenvalue weighted by atomic mass is 10.2. The SMILES string of the molecule is O=C(NCc1cc(C2CC2)ncn1)c1cc(-c2ccco2)on1. The molecule has 0 aromatic carbocycles. The molecule has 3 heterocycles. The second-order valence-electron chi connectivity index (χ2n) is 5.44. The molecule has 0 saturated heterocycles. The van der Waals surface area contributed by atoms with E-state index in [2.05, 4.69) is 20.4 Å². The Hall–Kier alpha value is -2.96. The molecular formula is C16H14N4O3. The molecule has 23 heavy (non-hydrogen) atoms. The molecule has 1 aliphatic rings. The molecule has 4 rings (SSSR count). The van der Waals surface area contributed by atoms with Gasteiger partial charge in [-0.05, 0) is 31.0 Å². The third kappa shape index (κ3) is 2.98. The van der Waals surface area contributed by atoms with Crippen LogP contribution in [-0.2, 0) is 6.54 Å². The van der Waals surface area contributed by atoms with E-state index in [1.165, 1.54) is 19.1 Å². The van der Waals surface area contributed by atoms with Crippen molar-refractivity contribution in [3.8, 4) is 11.5 Å². The number of nitrogens with one attached hydrogen (secondary N) is 1. The van der Waals surface area contributed by atoms with Gasteiger partial charge in [0.15, 0.2) is 11.5 Å². The van der Waals surface area contributed by atoms with Gasteiger partial charge in [0.1, 0.15) is 6.33 Å². The van der Waals surface area contributed by atoms with Crippen molar-refractivity contribution < 1.29 is 13.7 Å². The molecular weight excluding hydrogens is 296 g/mol. The first-order valence-corrected chi connectivity index (χ1v) is 7.39. The van der Waals surface area contributed by atoms with Crippen molar-refractivity contribution in [3.05, 3.63) is 53.9 Å². The van der Waals surface area contributed by atoms with Crippen LogP contribution in [0.4, 0.5) is 0 Å². The van der Waals surface area contributed by atoms with E-state index in [0.29, 0.717) is 24.0 Å². The number of rotatable bonds is 5. The van der Waals surface area contributed by atoms with Crippen molar-refractivity contribution in [1.29, 1.82) is 0 Å². The van der Waals surface area contributed by atoms with Gasteiger partial charge in [0.2, 0.25) is 5.76 Å². The first kappa shape index (κ1) is 13.7. The van der Waals surface area contributed by atoms with E-state index in [9.17, 15) is 4.79 Å². The lowest BCUT2D eigenvalue weighted by Gasteiger charge is -2.03. The van der Waals surface area contributed by atoms with Gasteiger partial charge in [0.25, 0.3) is 5.91 Å². The molecule has 1 N–H and O–H groups in total. The van der Waals surface area contributed by atoms with E-state index in [0.717, 1.165) is 11.4 Å². The number of hydrogen-bond donors (Lipinski definition) is 1. The van der Waals surface area contributed by atoms with Crippen LogP contribution < -0.4 is 5.32 Å². The summed E-state index contributed by atoms with van der Waals surface area (Å²) in [6, 6.07) is 6.96. The lowest BCUT2D eigenvalue weighted by molar-refractivity contribution is 0.0941. The summed E-state index contributed by atoms with van der Waals surface area (Å²) in [4.78, 5) is 20.6. The molecule has 0 aliphatic heterocycles. The Balaban J connectivity index is 1.41. The Morgan fingerprint density at radius 1 is 1.26 bits per heavy atom. The van der Waals surface area contributed by atoms with E-state index < -0.39 is 0 Å². The molecule has 0 spiro atoms. The molecule has 1 saturated carbocycles. The minimum Gasteiger partial charge on any atom is -0.461 e. The summed E-state index contributed by atoms with van der Waals surface area (Å²) < 4.78 is 10.3. The molecule has 7 heteroatoms. The summed E-state index contributed by atoms with van der Waals surface area (Å²) in [5, 5.41) is 6.54. The van der Waals surface area contributed by atoms with E-state index in [1.54, 1.807) is 24.5 Å². The number of nitrogens with zero attached hydrogens (tertiary/aromatic N) is 3. The van der Waals surface area contributed by atoms with Gasteiger partial charge >= 0.3 is 0 Å². The third-order valence-corrected chi connectivity index (χ3v) is 3.68. The van der Waals surface area contributed by atoms with E-state index in [-0.39, 0.29) is 11.6 Å². The van der Waals surface area contributed by atoms with Gasteiger partial charge in [-0.25, -0.2) is 9.97 Å². The highest BCUT2D eigenvalue weighted by Crippen LogP contribution is 2.38. The highest BCUT2D eigenvalue weighted by Gasteiger charge is 2.25. The molecule has 0 radical (unpaired) electrons. The molecule has 0 unspecified atom stereocenters.